The Morgan fingerprint density at radius 3 is 2.66 bits per heavy atom. The topological polar surface area (TPSA) is 120 Å². The van der Waals surface area contributed by atoms with Crippen molar-refractivity contribution in [2.24, 2.45) is 23.7 Å². The van der Waals surface area contributed by atoms with E-state index in [0.29, 0.717) is 61.4 Å². The van der Waals surface area contributed by atoms with Crippen molar-refractivity contribution in [3.8, 4) is 0 Å². The van der Waals surface area contributed by atoms with Crippen LogP contribution in [-0.4, -0.2) is 65.4 Å². The first-order valence-electron chi connectivity index (χ1n) is 11.3. The van der Waals surface area contributed by atoms with Gasteiger partial charge in [-0.1, -0.05) is 25.7 Å². The van der Waals surface area contributed by atoms with Gasteiger partial charge in [0.05, 0.1) is 25.7 Å². The number of anilines is 2. The van der Waals surface area contributed by atoms with Gasteiger partial charge in [-0.2, -0.15) is 4.39 Å². The molecule has 176 valence electrons. The molecule has 2 amide bonds. The Morgan fingerprint density at radius 2 is 2.00 bits per heavy atom. The van der Waals surface area contributed by atoms with Gasteiger partial charge in [-0.25, -0.2) is 15.0 Å². The highest BCUT2D eigenvalue weighted by atomic mass is 19.1. The summed E-state index contributed by atoms with van der Waals surface area (Å²) in [5.74, 6) is -0.0650. The number of fused-ring (bicyclic) bond motifs is 1. The molecular weight excluding hydrogens is 419 g/mol. The van der Waals surface area contributed by atoms with Gasteiger partial charge in [0, 0.05) is 24.9 Å². The van der Waals surface area contributed by atoms with Gasteiger partial charge < -0.3 is 9.64 Å². The summed E-state index contributed by atoms with van der Waals surface area (Å²) in [5.41, 5.74) is 5.12. The average molecular weight is 451 g/mol. The molecule has 3 fully saturated rings. The highest BCUT2D eigenvalue weighted by molar-refractivity contribution is 5.80. The quantitative estimate of drug-likeness (QED) is 0.294. The van der Waals surface area contributed by atoms with Gasteiger partial charge in [0.25, 0.3) is 0 Å². The molecule has 3 N–H and O–H groups in total. The third-order valence-electron chi connectivity index (χ3n) is 6.78. The fraction of sp³-hybridized carbons (Fsp3) is 0.714. The van der Waals surface area contributed by atoms with Gasteiger partial charge in [-0.05, 0) is 19.3 Å². The van der Waals surface area contributed by atoms with Crippen LogP contribution in [0.4, 0.5) is 16.0 Å². The summed E-state index contributed by atoms with van der Waals surface area (Å²) < 4.78 is 20.7. The molecule has 0 spiro atoms. The molecule has 0 aromatic carbocycles. The van der Waals surface area contributed by atoms with Crippen molar-refractivity contribution < 1.29 is 23.9 Å². The number of ether oxygens (including phenoxy) is 1. The largest absolute Gasteiger partial charge is 0.381 e. The fourth-order valence-corrected chi connectivity index (χ4v) is 5.10. The molecule has 3 heterocycles. The van der Waals surface area contributed by atoms with Gasteiger partial charge in [0.15, 0.2) is 11.6 Å². The number of rotatable bonds is 9. The number of carbonyl (C=O) groups is 2. The van der Waals surface area contributed by atoms with Gasteiger partial charge in [0.2, 0.25) is 18.1 Å². The zero-order chi connectivity index (χ0) is 22.7. The first-order valence-corrected chi connectivity index (χ1v) is 11.3. The smallest absolute Gasteiger partial charge is 0.243 e. The van der Waals surface area contributed by atoms with Crippen molar-refractivity contribution in [1.82, 2.24) is 20.5 Å². The maximum Gasteiger partial charge on any atom is 0.243 e. The van der Waals surface area contributed by atoms with Gasteiger partial charge in [-0.15, -0.1) is 0 Å². The summed E-state index contributed by atoms with van der Waals surface area (Å²) in [7, 11) is 0. The average Bonchev–Trinajstić information content (AvgIpc) is 3.51. The second kappa shape index (κ2) is 9.95. The van der Waals surface area contributed by atoms with E-state index >= 15 is 4.39 Å². The summed E-state index contributed by atoms with van der Waals surface area (Å²) in [4.78, 5) is 34.0. The molecule has 1 saturated carbocycles. The summed E-state index contributed by atoms with van der Waals surface area (Å²) in [6.45, 7) is 4.25. The van der Waals surface area contributed by atoms with E-state index in [1.807, 2.05) is 4.90 Å². The predicted molar refractivity (Wildman–Crippen MR) is 113 cm³/mol. The summed E-state index contributed by atoms with van der Waals surface area (Å²) in [6.07, 6.45) is 5.11. The van der Waals surface area contributed by atoms with E-state index in [1.165, 1.54) is 0 Å². The Kier molecular flexibility index (Phi) is 7.04. The van der Waals surface area contributed by atoms with Crippen LogP contribution in [0.2, 0.25) is 0 Å². The van der Waals surface area contributed by atoms with E-state index in [4.69, 9.17) is 4.74 Å². The van der Waals surface area contributed by atoms with Crippen molar-refractivity contribution >= 4 is 24.0 Å². The van der Waals surface area contributed by atoms with Crippen LogP contribution in [0.15, 0.2) is 0 Å². The lowest BCUT2D eigenvalue weighted by Gasteiger charge is -2.23. The van der Waals surface area contributed by atoms with Crippen LogP contribution >= 0.6 is 0 Å². The van der Waals surface area contributed by atoms with Gasteiger partial charge in [0.1, 0.15) is 5.82 Å². The second-order valence-electron chi connectivity index (χ2n) is 9.14. The molecule has 3 atom stereocenters. The molecule has 1 aromatic rings. The van der Waals surface area contributed by atoms with Crippen LogP contribution in [0.3, 0.4) is 0 Å². The lowest BCUT2D eigenvalue weighted by atomic mass is 9.92. The number of halogens is 1. The maximum atomic E-state index is 15.2. The van der Waals surface area contributed by atoms with Crippen molar-refractivity contribution in [3.05, 3.63) is 11.6 Å². The van der Waals surface area contributed by atoms with Crippen LogP contribution in [0.25, 0.3) is 0 Å². The first kappa shape index (κ1) is 22.7. The van der Waals surface area contributed by atoms with E-state index < -0.39 is 17.6 Å². The monoisotopic (exact) mass is 450 g/mol. The van der Waals surface area contributed by atoms with Crippen molar-refractivity contribution in [1.29, 1.82) is 0 Å². The summed E-state index contributed by atoms with van der Waals surface area (Å²) in [5, 5.41) is 10.1. The van der Waals surface area contributed by atoms with E-state index in [2.05, 4.69) is 20.8 Å². The molecule has 0 bridgehead atoms. The Bertz CT molecular complexity index is 825. The zero-order valence-electron chi connectivity index (χ0n) is 18.3. The molecule has 2 aliphatic heterocycles. The second-order valence-corrected chi connectivity index (χ2v) is 9.14. The number of hydrogen-bond acceptors (Lipinski definition) is 8. The molecule has 11 heteroatoms. The third-order valence-corrected chi connectivity index (χ3v) is 6.78. The number of aryl methyl sites for hydroxylation is 1. The third kappa shape index (κ3) is 5.09. The molecule has 0 radical (unpaired) electrons. The Morgan fingerprint density at radius 1 is 1.31 bits per heavy atom. The van der Waals surface area contributed by atoms with Crippen LogP contribution in [0, 0.1) is 36.4 Å². The highest BCUT2D eigenvalue weighted by Crippen LogP contribution is 2.34. The summed E-state index contributed by atoms with van der Waals surface area (Å²) in [6, 6.07) is 0. The molecule has 4 rings (SSSR count). The highest BCUT2D eigenvalue weighted by Gasteiger charge is 2.39. The minimum Gasteiger partial charge on any atom is -0.381 e. The number of aromatic nitrogens is 2. The van der Waals surface area contributed by atoms with Crippen molar-refractivity contribution in [2.45, 2.75) is 39.0 Å². The Balaban J connectivity index is 1.42. The minimum absolute atomic E-state index is 0.106. The first-order chi connectivity index (χ1) is 15.4. The molecule has 2 saturated heterocycles. The van der Waals surface area contributed by atoms with Crippen LogP contribution < -0.4 is 15.8 Å². The molecule has 1 aliphatic carbocycles. The SMILES string of the molecule is Cc1nc(NNC(=O)[C@H](CC2CCCC2)CN(O)C=O)c(F)c(N2C[C@H]3COC[C@H]3C2)n1. The molecule has 3 aliphatic rings. The molecule has 1 aromatic heterocycles. The van der Waals surface area contributed by atoms with Crippen molar-refractivity contribution in [2.75, 3.05) is 43.2 Å². The number of nitrogens with zero attached hydrogens (tertiary/aromatic N) is 4. The molecule has 32 heavy (non-hydrogen) atoms. The van der Waals surface area contributed by atoms with E-state index in [0.717, 1.165) is 25.7 Å². The van der Waals surface area contributed by atoms with E-state index in [-0.39, 0.29) is 24.6 Å². The van der Waals surface area contributed by atoms with Gasteiger partial charge >= 0.3 is 0 Å². The Hall–Kier alpha value is -2.53. The predicted octanol–water partition coefficient (Wildman–Crippen LogP) is 1.49. The number of hydrazine groups is 1. The number of carbonyl (C=O) groups excluding carboxylic acids is 2. The lowest BCUT2D eigenvalue weighted by molar-refractivity contribution is -0.154. The number of nitrogens with one attached hydrogen (secondary N) is 2. The van der Waals surface area contributed by atoms with E-state index in [1.54, 1.807) is 6.92 Å². The number of hydrogen-bond donors (Lipinski definition) is 3. The minimum atomic E-state index is -0.624. The zero-order valence-corrected chi connectivity index (χ0v) is 18.3. The maximum absolute atomic E-state index is 15.2. The van der Waals surface area contributed by atoms with Crippen LogP contribution in [-0.2, 0) is 14.3 Å². The van der Waals surface area contributed by atoms with Gasteiger partial charge in [-0.3, -0.25) is 25.6 Å². The molecule has 0 unspecified atom stereocenters. The lowest BCUT2D eigenvalue weighted by Crippen LogP contribution is -2.41. The number of amides is 2. The number of hydroxylamine groups is 2. The summed E-state index contributed by atoms with van der Waals surface area (Å²) >= 11 is 0. The van der Waals surface area contributed by atoms with E-state index in [9.17, 15) is 14.8 Å². The normalized spacial score (nSPS) is 23.8. The van der Waals surface area contributed by atoms with Crippen LogP contribution in [0.5, 0.6) is 0 Å². The standard InChI is InChI=1S/C21H31FN6O4/c1-13-23-19(18(22)20(24-13)27-7-16-10-32-11-17(16)8-27)25-26-21(30)15(9-28(31)12-29)6-14-4-2-3-5-14/h12,14-17,31H,2-11H2,1H3,(H,26,30)(H,23,24,25)/t15-,16-,17+/m1/s1. The van der Waals surface area contributed by atoms with Crippen LogP contribution in [0.1, 0.15) is 37.9 Å². The Labute approximate surface area is 186 Å². The molecule has 10 nitrogen and oxygen atoms in total. The fourth-order valence-electron chi connectivity index (χ4n) is 5.10. The molecular formula is C21H31FN6O4. The van der Waals surface area contributed by atoms with Crippen molar-refractivity contribution in [3.63, 3.8) is 0 Å².